The summed E-state index contributed by atoms with van der Waals surface area (Å²) in [6, 6.07) is 10.4. The fourth-order valence-corrected chi connectivity index (χ4v) is 3.53. The second-order valence-corrected chi connectivity index (χ2v) is 7.20. The van der Waals surface area contributed by atoms with Gasteiger partial charge in [0, 0.05) is 18.3 Å². The molecule has 2 amide bonds. The van der Waals surface area contributed by atoms with Gasteiger partial charge in [-0.15, -0.1) is 0 Å². The lowest BCUT2D eigenvalue weighted by Crippen LogP contribution is -2.19. The third kappa shape index (κ3) is 4.26. The van der Waals surface area contributed by atoms with Crippen LogP contribution in [0.1, 0.15) is 5.56 Å². The van der Waals surface area contributed by atoms with Crippen molar-refractivity contribution in [1.29, 1.82) is 0 Å². The Hall–Kier alpha value is -2.51. The minimum atomic E-state index is -0.388. The van der Waals surface area contributed by atoms with Crippen molar-refractivity contribution in [3.05, 3.63) is 57.7 Å². The second-order valence-electron chi connectivity index (χ2n) is 5.94. The molecule has 2 aromatic carbocycles. The molecule has 0 atom stereocenters. The first-order valence-corrected chi connectivity index (χ1v) is 9.26. The average Bonchev–Trinajstić information content (AvgIpc) is 2.96. The molecule has 0 saturated heterocycles. The van der Waals surface area contributed by atoms with Crippen LogP contribution in [0.2, 0.25) is 5.02 Å². The Labute approximate surface area is 170 Å². The number of hydrogen-bond acceptors (Lipinski definition) is 3. The van der Waals surface area contributed by atoms with E-state index in [0.29, 0.717) is 22.1 Å². The van der Waals surface area contributed by atoms with Crippen LogP contribution in [-0.2, 0) is 7.05 Å². The molecule has 3 aromatic rings. The van der Waals surface area contributed by atoms with E-state index in [-0.39, 0.29) is 6.03 Å². The van der Waals surface area contributed by atoms with E-state index >= 15 is 0 Å². The van der Waals surface area contributed by atoms with E-state index in [9.17, 15) is 4.79 Å². The predicted octanol–water partition coefficient (Wildman–Crippen LogP) is 5.46. The number of amides is 2. The van der Waals surface area contributed by atoms with Crippen molar-refractivity contribution in [1.82, 2.24) is 9.78 Å². The predicted molar refractivity (Wildman–Crippen MR) is 112 cm³/mol. The van der Waals surface area contributed by atoms with Gasteiger partial charge in [0.25, 0.3) is 0 Å². The van der Waals surface area contributed by atoms with Gasteiger partial charge in [0.15, 0.2) is 0 Å². The number of halogens is 2. The molecule has 0 aliphatic heterocycles. The van der Waals surface area contributed by atoms with Gasteiger partial charge in [-0.2, -0.15) is 5.10 Å². The van der Waals surface area contributed by atoms with Crippen LogP contribution >= 0.6 is 27.5 Å². The van der Waals surface area contributed by atoms with Gasteiger partial charge in [0.1, 0.15) is 5.75 Å². The first-order chi connectivity index (χ1) is 12.9. The number of carbonyl (C=O) groups is 1. The van der Waals surface area contributed by atoms with E-state index in [1.165, 1.54) is 0 Å². The second kappa shape index (κ2) is 8.02. The van der Waals surface area contributed by atoms with Crippen LogP contribution in [0.3, 0.4) is 0 Å². The van der Waals surface area contributed by atoms with E-state index < -0.39 is 0 Å². The van der Waals surface area contributed by atoms with Crippen LogP contribution in [-0.4, -0.2) is 22.9 Å². The monoisotopic (exact) mass is 448 g/mol. The van der Waals surface area contributed by atoms with E-state index in [2.05, 4.69) is 31.7 Å². The maximum atomic E-state index is 12.4. The molecule has 0 saturated carbocycles. The Bertz CT molecular complexity index is 984. The summed E-state index contributed by atoms with van der Waals surface area (Å²) in [5.74, 6) is 0.673. The van der Waals surface area contributed by atoms with Crippen molar-refractivity contribution in [3.8, 4) is 17.0 Å². The van der Waals surface area contributed by atoms with Gasteiger partial charge in [-0.1, -0.05) is 17.7 Å². The molecule has 0 bridgehead atoms. The minimum absolute atomic E-state index is 0.388. The summed E-state index contributed by atoms with van der Waals surface area (Å²) in [6.45, 7) is 1.94. The van der Waals surface area contributed by atoms with Gasteiger partial charge in [0.2, 0.25) is 0 Å². The van der Waals surface area contributed by atoms with E-state index in [0.717, 1.165) is 21.3 Å². The van der Waals surface area contributed by atoms with Crippen molar-refractivity contribution in [2.75, 3.05) is 17.7 Å². The zero-order valence-corrected chi connectivity index (χ0v) is 17.4. The topological polar surface area (TPSA) is 68.2 Å². The highest BCUT2D eigenvalue weighted by Crippen LogP contribution is 2.36. The number of nitrogens with one attached hydrogen (secondary N) is 2. The van der Waals surface area contributed by atoms with Crippen molar-refractivity contribution >= 4 is 44.9 Å². The molecule has 6 nitrogen and oxygen atoms in total. The van der Waals surface area contributed by atoms with E-state index in [1.807, 2.05) is 26.1 Å². The normalized spacial score (nSPS) is 10.6. The van der Waals surface area contributed by atoms with Gasteiger partial charge in [-0.05, 0) is 58.7 Å². The van der Waals surface area contributed by atoms with Gasteiger partial charge in [0.05, 0.1) is 34.2 Å². The number of benzene rings is 2. The number of nitrogens with zero attached hydrogens (tertiary/aromatic N) is 2. The standard InChI is InChI=1S/C19H18BrClN4O2/c1-11-4-6-16(15(21)8-11)24-19(26)23-12-5-7-17(27-3)13(9-12)18-14(20)10-22-25(18)2/h4-10H,1-3H3,(H2,23,24,26). The zero-order valence-electron chi connectivity index (χ0n) is 15.0. The van der Waals surface area contributed by atoms with Gasteiger partial charge in [-0.3, -0.25) is 4.68 Å². The highest BCUT2D eigenvalue weighted by Gasteiger charge is 2.15. The van der Waals surface area contributed by atoms with Gasteiger partial charge in [-0.25, -0.2) is 4.79 Å². The molecule has 0 fully saturated rings. The summed E-state index contributed by atoms with van der Waals surface area (Å²) in [6.07, 6.45) is 1.71. The number of methoxy groups -OCH3 is 1. The zero-order chi connectivity index (χ0) is 19.6. The summed E-state index contributed by atoms with van der Waals surface area (Å²) in [5, 5.41) is 10.3. The number of anilines is 2. The summed E-state index contributed by atoms with van der Waals surface area (Å²) in [7, 11) is 3.44. The summed E-state index contributed by atoms with van der Waals surface area (Å²) < 4.78 is 8.02. The molecule has 2 N–H and O–H groups in total. The number of ether oxygens (including phenoxy) is 1. The third-order valence-electron chi connectivity index (χ3n) is 3.98. The smallest absolute Gasteiger partial charge is 0.323 e. The fourth-order valence-electron chi connectivity index (χ4n) is 2.69. The first-order valence-electron chi connectivity index (χ1n) is 8.09. The van der Waals surface area contributed by atoms with Crippen molar-refractivity contribution in [3.63, 3.8) is 0 Å². The molecule has 3 rings (SSSR count). The van der Waals surface area contributed by atoms with E-state index in [4.69, 9.17) is 16.3 Å². The number of aryl methyl sites for hydroxylation is 2. The summed E-state index contributed by atoms with van der Waals surface area (Å²) in [5.41, 5.74) is 3.82. The molecule has 140 valence electrons. The lowest BCUT2D eigenvalue weighted by atomic mass is 10.1. The number of rotatable bonds is 4. The molecule has 0 aliphatic carbocycles. The number of hydrogen-bond donors (Lipinski definition) is 2. The number of carbonyl (C=O) groups excluding carboxylic acids is 1. The molecule has 0 spiro atoms. The van der Waals surface area contributed by atoms with Crippen LogP contribution in [0.15, 0.2) is 47.1 Å². The Morgan fingerprint density at radius 3 is 2.63 bits per heavy atom. The largest absolute Gasteiger partial charge is 0.496 e. The Kier molecular flexibility index (Phi) is 5.72. The molecular formula is C19H18BrClN4O2. The number of urea groups is 1. The maximum absolute atomic E-state index is 12.4. The van der Waals surface area contributed by atoms with Crippen molar-refractivity contribution in [2.45, 2.75) is 6.92 Å². The molecule has 1 heterocycles. The molecule has 0 radical (unpaired) electrons. The Balaban J connectivity index is 1.85. The first kappa shape index (κ1) is 19.3. The average molecular weight is 450 g/mol. The number of aromatic nitrogens is 2. The van der Waals surface area contributed by atoms with Gasteiger partial charge >= 0.3 is 6.03 Å². The highest BCUT2D eigenvalue weighted by molar-refractivity contribution is 9.10. The Morgan fingerprint density at radius 2 is 2.00 bits per heavy atom. The molecule has 0 aliphatic rings. The van der Waals surface area contributed by atoms with E-state index in [1.54, 1.807) is 42.3 Å². The van der Waals surface area contributed by atoms with Crippen LogP contribution < -0.4 is 15.4 Å². The highest BCUT2D eigenvalue weighted by atomic mass is 79.9. The van der Waals surface area contributed by atoms with Gasteiger partial charge < -0.3 is 15.4 Å². The van der Waals surface area contributed by atoms with Crippen molar-refractivity contribution in [2.24, 2.45) is 7.05 Å². The maximum Gasteiger partial charge on any atom is 0.323 e. The molecule has 1 aromatic heterocycles. The third-order valence-corrected chi connectivity index (χ3v) is 4.87. The summed E-state index contributed by atoms with van der Waals surface area (Å²) >= 11 is 9.67. The van der Waals surface area contributed by atoms with Crippen LogP contribution in [0.5, 0.6) is 5.75 Å². The van der Waals surface area contributed by atoms with Crippen LogP contribution in [0, 0.1) is 6.92 Å². The van der Waals surface area contributed by atoms with Crippen molar-refractivity contribution < 1.29 is 9.53 Å². The molecule has 0 unspecified atom stereocenters. The molecule has 8 heteroatoms. The SMILES string of the molecule is COc1ccc(NC(=O)Nc2ccc(C)cc2Cl)cc1-c1c(Br)cnn1C. The lowest BCUT2D eigenvalue weighted by Gasteiger charge is -2.13. The summed E-state index contributed by atoms with van der Waals surface area (Å²) in [4.78, 5) is 12.4. The van der Waals surface area contributed by atoms with Crippen LogP contribution in [0.25, 0.3) is 11.3 Å². The fraction of sp³-hybridized carbons (Fsp3) is 0.158. The minimum Gasteiger partial charge on any atom is -0.496 e. The molecule has 27 heavy (non-hydrogen) atoms. The lowest BCUT2D eigenvalue weighted by molar-refractivity contribution is 0.262. The Morgan fingerprint density at radius 1 is 1.22 bits per heavy atom. The molecular weight excluding hydrogens is 432 g/mol. The quantitative estimate of drug-likeness (QED) is 0.555. The van der Waals surface area contributed by atoms with Crippen LogP contribution in [0.4, 0.5) is 16.2 Å².